The number of carbonyl (C=O) groups excluding carboxylic acids is 1. The Balaban J connectivity index is 1.68. The third-order valence-electron chi connectivity index (χ3n) is 5.90. The number of rotatable bonds is 4. The van der Waals surface area contributed by atoms with Crippen LogP contribution in [-0.2, 0) is 22.8 Å². The molecule has 1 amide bonds. The fourth-order valence-electron chi connectivity index (χ4n) is 4.10. The molecule has 1 aliphatic rings. The van der Waals surface area contributed by atoms with E-state index < -0.39 is 15.7 Å². The SMILES string of the molecule is CCc1c(C(=O)N2CCOc3ccc(-c4ccc(C)cc4)cc3C2)ccc(S(C)(=O)=O)c1F. The lowest BCUT2D eigenvalue weighted by molar-refractivity contribution is 0.0731. The molecule has 0 saturated heterocycles. The first kappa shape index (κ1) is 23.0. The molecule has 0 fully saturated rings. The van der Waals surface area contributed by atoms with Crippen LogP contribution >= 0.6 is 0 Å². The Kier molecular flexibility index (Phi) is 6.26. The number of aryl methyl sites for hydroxylation is 1. The van der Waals surface area contributed by atoms with Crippen LogP contribution in [0.5, 0.6) is 5.75 Å². The second-order valence-electron chi connectivity index (χ2n) is 8.29. The molecule has 0 atom stereocenters. The molecular weight excluding hydrogens is 441 g/mol. The van der Waals surface area contributed by atoms with Gasteiger partial charge >= 0.3 is 0 Å². The van der Waals surface area contributed by atoms with Crippen molar-refractivity contribution in [2.75, 3.05) is 19.4 Å². The number of carbonyl (C=O) groups is 1. The molecule has 0 aliphatic carbocycles. The van der Waals surface area contributed by atoms with Gasteiger partial charge in [-0.25, -0.2) is 12.8 Å². The smallest absolute Gasteiger partial charge is 0.254 e. The molecule has 7 heteroatoms. The van der Waals surface area contributed by atoms with E-state index in [1.165, 1.54) is 17.7 Å². The van der Waals surface area contributed by atoms with E-state index in [-0.39, 0.29) is 28.4 Å². The van der Waals surface area contributed by atoms with Crippen LogP contribution < -0.4 is 4.74 Å². The predicted octanol–water partition coefficient (Wildman–Crippen LogP) is 4.80. The molecule has 0 spiro atoms. The van der Waals surface area contributed by atoms with Crippen molar-refractivity contribution in [3.05, 3.63) is 82.7 Å². The summed E-state index contributed by atoms with van der Waals surface area (Å²) in [5.41, 5.74) is 4.42. The summed E-state index contributed by atoms with van der Waals surface area (Å²) in [7, 11) is -3.73. The molecule has 33 heavy (non-hydrogen) atoms. The Bertz CT molecular complexity index is 1320. The molecule has 0 N–H and O–H groups in total. The van der Waals surface area contributed by atoms with E-state index in [1.807, 2.05) is 37.3 Å². The quantitative estimate of drug-likeness (QED) is 0.553. The zero-order chi connectivity index (χ0) is 23.8. The maximum absolute atomic E-state index is 15.0. The Hall–Kier alpha value is -3.19. The van der Waals surface area contributed by atoms with Gasteiger partial charge in [-0.05, 0) is 48.7 Å². The van der Waals surface area contributed by atoms with Crippen LogP contribution in [0.3, 0.4) is 0 Å². The molecule has 172 valence electrons. The maximum Gasteiger partial charge on any atom is 0.254 e. The molecule has 1 heterocycles. The number of nitrogens with zero attached hydrogens (tertiary/aromatic N) is 1. The lowest BCUT2D eigenvalue weighted by Gasteiger charge is -2.22. The lowest BCUT2D eigenvalue weighted by Crippen LogP contribution is -2.33. The molecule has 0 saturated carbocycles. The van der Waals surface area contributed by atoms with E-state index in [9.17, 15) is 17.6 Å². The van der Waals surface area contributed by atoms with Gasteiger partial charge in [-0.1, -0.05) is 42.8 Å². The van der Waals surface area contributed by atoms with Crippen molar-refractivity contribution >= 4 is 15.7 Å². The molecule has 3 aromatic rings. The van der Waals surface area contributed by atoms with E-state index in [0.29, 0.717) is 19.7 Å². The molecule has 0 unspecified atom stereocenters. The van der Waals surface area contributed by atoms with Crippen molar-refractivity contribution in [1.82, 2.24) is 4.90 Å². The van der Waals surface area contributed by atoms with Crippen LogP contribution in [0.2, 0.25) is 0 Å². The van der Waals surface area contributed by atoms with Gasteiger partial charge in [-0.2, -0.15) is 0 Å². The summed E-state index contributed by atoms with van der Waals surface area (Å²) < 4.78 is 44.6. The van der Waals surface area contributed by atoms with Gasteiger partial charge in [-0.3, -0.25) is 4.79 Å². The van der Waals surface area contributed by atoms with Gasteiger partial charge in [0.05, 0.1) is 6.54 Å². The molecule has 0 radical (unpaired) electrons. The minimum atomic E-state index is -3.73. The number of sulfone groups is 1. The Labute approximate surface area is 193 Å². The topological polar surface area (TPSA) is 63.7 Å². The average Bonchev–Trinajstić information content (AvgIpc) is 3.00. The highest BCUT2D eigenvalue weighted by atomic mass is 32.2. The first-order valence-electron chi connectivity index (χ1n) is 10.8. The van der Waals surface area contributed by atoms with Gasteiger partial charge in [0.1, 0.15) is 23.1 Å². The minimum absolute atomic E-state index is 0.113. The molecule has 1 aliphatic heterocycles. The minimum Gasteiger partial charge on any atom is -0.491 e. The molecule has 0 bridgehead atoms. The largest absolute Gasteiger partial charge is 0.491 e. The number of hydrogen-bond donors (Lipinski definition) is 0. The predicted molar refractivity (Wildman–Crippen MR) is 126 cm³/mol. The summed E-state index contributed by atoms with van der Waals surface area (Å²) in [5.74, 6) is -0.475. The van der Waals surface area contributed by atoms with E-state index in [0.717, 1.165) is 28.7 Å². The van der Waals surface area contributed by atoms with Crippen molar-refractivity contribution in [2.45, 2.75) is 31.7 Å². The van der Waals surface area contributed by atoms with Gasteiger partial charge in [0.25, 0.3) is 5.91 Å². The highest BCUT2D eigenvalue weighted by Crippen LogP contribution is 2.31. The molecule has 5 nitrogen and oxygen atoms in total. The van der Waals surface area contributed by atoms with E-state index >= 15 is 0 Å². The van der Waals surface area contributed by atoms with Crippen molar-refractivity contribution in [2.24, 2.45) is 0 Å². The summed E-state index contributed by atoms with van der Waals surface area (Å²) in [6.07, 6.45) is 1.16. The average molecular weight is 468 g/mol. The van der Waals surface area contributed by atoms with Crippen molar-refractivity contribution in [1.29, 1.82) is 0 Å². The van der Waals surface area contributed by atoms with Crippen LogP contribution in [0.1, 0.15) is 34.0 Å². The number of amides is 1. The van der Waals surface area contributed by atoms with Gasteiger partial charge in [0, 0.05) is 29.5 Å². The van der Waals surface area contributed by atoms with Gasteiger partial charge < -0.3 is 9.64 Å². The molecule has 3 aromatic carbocycles. The normalized spacial score (nSPS) is 13.8. The zero-order valence-electron chi connectivity index (χ0n) is 18.9. The van der Waals surface area contributed by atoms with Crippen molar-refractivity contribution < 1.29 is 22.3 Å². The zero-order valence-corrected chi connectivity index (χ0v) is 19.7. The first-order valence-corrected chi connectivity index (χ1v) is 12.7. The van der Waals surface area contributed by atoms with Crippen LogP contribution in [-0.4, -0.2) is 38.6 Å². The number of halogens is 1. The van der Waals surface area contributed by atoms with Gasteiger partial charge in [-0.15, -0.1) is 0 Å². The second-order valence-corrected chi connectivity index (χ2v) is 10.3. The first-order chi connectivity index (χ1) is 15.7. The third kappa shape index (κ3) is 4.64. The number of fused-ring (bicyclic) bond motifs is 1. The Morgan fingerprint density at radius 1 is 1.06 bits per heavy atom. The highest BCUT2D eigenvalue weighted by molar-refractivity contribution is 7.90. The van der Waals surface area contributed by atoms with Crippen LogP contribution in [0.15, 0.2) is 59.5 Å². The lowest BCUT2D eigenvalue weighted by atomic mass is 10.0. The van der Waals surface area contributed by atoms with Crippen LogP contribution in [0.4, 0.5) is 4.39 Å². The number of hydrogen-bond acceptors (Lipinski definition) is 4. The second kappa shape index (κ2) is 8.98. The van der Waals surface area contributed by atoms with E-state index in [2.05, 4.69) is 12.1 Å². The van der Waals surface area contributed by atoms with E-state index in [1.54, 1.807) is 11.8 Å². The fourth-order valence-corrected chi connectivity index (χ4v) is 4.86. The summed E-state index contributed by atoms with van der Waals surface area (Å²) in [6, 6.07) is 16.7. The maximum atomic E-state index is 15.0. The number of benzene rings is 3. The molecular formula is C26H26FNO4S. The summed E-state index contributed by atoms with van der Waals surface area (Å²) >= 11 is 0. The molecule has 4 rings (SSSR count). The number of ether oxygens (including phenoxy) is 1. The standard InChI is InChI=1S/C26H26FNO4S/c1-4-21-22(10-12-24(25(21)27)33(3,30)31)26(29)28-13-14-32-23-11-9-19(15-20(23)16-28)18-7-5-17(2)6-8-18/h5-12,15H,4,13-14,16H2,1-3H3. The van der Waals surface area contributed by atoms with Crippen LogP contribution in [0, 0.1) is 12.7 Å². The van der Waals surface area contributed by atoms with Crippen LogP contribution in [0.25, 0.3) is 11.1 Å². The van der Waals surface area contributed by atoms with Crippen molar-refractivity contribution in [3.8, 4) is 16.9 Å². The van der Waals surface area contributed by atoms with E-state index in [4.69, 9.17) is 4.74 Å². The Morgan fingerprint density at radius 3 is 2.42 bits per heavy atom. The Morgan fingerprint density at radius 2 is 1.76 bits per heavy atom. The van der Waals surface area contributed by atoms with Gasteiger partial charge in [0.2, 0.25) is 0 Å². The summed E-state index contributed by atoms with van der Waals surface area (Å²) in [4.78, 5) is 14.6. The highest BCUT2D eigenvalue weighted by Gasteiger charge is 2.27. The fraction of sp³-hybridized carbons (Fsp3) is 0.269. The van der Waals surface area contributed by atoms with Crippen molar-refractivity contribution in [3.63, 3.8) is 0 Å². The summed E-state index contributed by atoms with van der Waals surface area (Å²) in [6.45, 7) is 4.70. The third-order valence-corrected chi connectivity index (χ3v) is 7.02. The molecule has 0 aromatic heterocycles. The van der Waals surface area contributed by atoms with Gasteiger partial charge in [0.15, 0.2) is 9.84 Å². The monoisotopic (exact) mass is 467 g/mol. The summed E-state index contributed by atoms with van der Waals surface area (Å²) in [5, 5.41) is 0.